The molecule has 0 saturated carbocycles. The second kappa shape index (κ2) is 8.53. The maximum absolute atomic E-state index is 11.5. The zero-order chi connectivity index (χ0) is 21.2. The minimum atomic E-state index is -4.74. The van der Waals surface area contributed by atoms with E-state index in [1.807, 2.05) is 18.2 Å². The van der Waals surface area contributed by atoms with Gasteiger partial charge in [0.05, 0.1) is 28.4 Å². The van der Waals surface area contributed by atoms with E-state index in [1.165, 1.54) is 7.11 Å². The van der Waals surface area contributed by atoms with Crippen molar-refractivity contribution < 1.29 is 37.8 Å². The predicted molar refractivity (Wildman–Crippen MR) is 107 cm³/mol. The van der Waals surface area contributed by atoms with Crippen molar-refractivity contribution in [3.63, 3.8) is 0 Å². The fourth-order valence-corrected chi connectivity index (χ4v) is 4.31. The molecule has 0 heterocycles. The first-order chi connectivity index (χ1) is 13.8. The lowest BCUT2D eigenvalue weighted by Gasteiger charge is -2.29. The van der Waals surface area contributed by atoms with Crippen molar-refractivity contribution in [2.24, 2.45) is 0 Å². The first kappa shape index (κ1) is 21.3. The highest BCUT2D eigenvalue weighted by Gasteiger charge is 2.30. The van der Waals surface area contributed by atoms with E-state index in [1.54, 1.807) is 27.4 Å². The van der Waals surface area contributed by atoms with Gasteiger partial charge in [-0.2, -0.15) is 0 Å². The lowest BCUT2D eigenvalue weighted by Crippen LogP contribution is -2.13. The summed E-state index contributed by atoms with van der Waals surface area (Å²) in [5.41, 5.74) is 2.61. The first-order valence-electron chi connectivity index (χ1n) is 9.07. The predicted octanol–water partition coefficient (Wildman–Crippen LogP) is 3.66. The highest BCUT2D eigenvalue weighted by molar-refractivity contribution is 7.46. The number of rotatable bonds is 7. The lowest BCUT2D eigenvalue weighted by molar-refractivity contribution is 0.274. The van der Waals surface area contributed by atoms with Gasteiger partial charge in [0.2, 0.25) is 5.75 Å². The molecule has 2 aromatic rings. The highest BCUT2D eigenvalue weighted by Crippen LogP contribution is 2.50. The van der Waals surface area contributed by atoms with E-state index in [4.69, 9.17) is 23.5 Å². The number of benzene rings is 2. The first-order valence-corrected chi connectivity index (χ1v) is 10.6. The number of fused-ring (bicyclic) bond motifs is 1. The van der Waals surface area contributed by atoms with Crippen molar-refractivity contribution >= 4 is 7.82 Å². The molecule has 158 valence electrons. The number of methoxy groups -OCH3 is 4. The Labute approximate surface area is 169 Å². The Hall–Kier alpha value is -2.41. The van der Waals surface area contributed by atoms with Crippen LogP contribution in [0.3, 0.4) is 0 Å². The van der Waals surface area contributed by atoms with Crippen LogP contribution in [-0.4, -0.2) is 38.2 Å². The topological polar surface area (TPSA) is 104 Å². The van der Waals surface area contributed by atoms with Crippen LogP contribution in [0.15, 0.2) is 24.3 Å². The summed E-state index contributed by atoms with van der Waals surface area (Å²) >= 11 is 0. The average Bonchev–Trinajstić information content (AvgIpc) is 2.71. The van der Waals surface area contributed by atoms with E-state index >= 15 is 0 Å². The Morgan fingerprint density at radius 3 is 2.03 bits per heavy atom. The van der Waals surface area contributed by atoms with Crippen LogP contribution in [0.1, 0.15) is 35.4 Å². The van der Waals surface area contributed by atoms with Crippen LogP contribution in [0, 0.1) is 0 Å². The Morgan fingerprint density at radius 1 is 0.897 bits per heavy atom. The summed E-state index contributed by atoms with van der Waals surface area (Å²) < 4.78 is 38.1. The third-order valence-corrected chi connectivity index (χ3v) is 5.50. The maximum atomic E-state index is 11.5. The van der Waals surface area contributed by atoms with Gasteiger partial charge >= 0.3 is 7.82 Å². The van der Waals surface area contributed by atoms with E-state index in [9.17, 15) is 14.4 Å². The molecule has 0 bridgehead atoms. The van der Waals surface area contributed by atoms with Gasteiger partial charge in [-0.15, -0.1) is 0 Å². The molecule has 0 spiro atoms. The van der Waals surface area contributed by atoms with E-state index in [-0.39, 0.29) is 17.4 Å². The second-order valence-electron chi connectivity index (χ2n) is 6.65. The molecule has 0 saturated heterocycles. The molecule has 0 aliphatic heterocycles. The molecule has 1 aliphatic carbocycles. The number of phosphoric ester groups is 1. The van der Waals surface area contributed by atoms with Crippen molar-refractivity contribution in [2.75, 3.05) is 28.4 Å². The fraction of sp³-hybridized carbons (Fsp3) is 0.400. The third-order valence-electron chi connectivity index (χ3n) is 5.08. The van der Waals surface area contributed by atoms with Gasteiger partial charge in [0, 0.05) is 11.5 Å². The van der Waals surface area contributed by atoms with E-state index in [0.29, 0.717) is 23.7 Å². The number of phosphoric acid groups is 1. The normalized spacial score (nSPS) is 16.0. The molecule has 1 unspecified atom stereocenters. The molecule has 2 aromatic carbocycles. The van der Waals surface area contributed by atoms with Gasteiger partial charge in [-0.3, -0.25) is 9.79 Å². The Balaban J connectivity index is 2.15. The smallest absolute Gasteiger partial charge is 0.493 e. The molecule has 3 rings (SSSR count). The highest BCUT2D eigenvalue weighted by atomic mass is 31.2. The van der Waals surface area contributed by atoms with E-state index < -0.39 is 7.82 Å². The zero-order valence-electron chi connectivity index (χ0n) is 16.8. The van der Waals surface area contributed by atoms with Crippen molar-refractivity contribution in [2.45, 2.75) is 25.2 Å². The van der Waals surface area contributed by atoms with Crippen molar-refractivity contribution in [3.8, 4) is 28.7 Å². The Kier molecular flexibility index (Phi) is 6.27. The van der Waals surface area contributed by atoms with E-state index in [0.717, 1.165) is 29.5 Å². The van der Waals surface area contributed by atoms with Gasteiger partial charge in [-0.05, 0) is 48.6 Å². The third kappa shape index (κ3) is 4.29. The zero-order valence-corrected chi connectivity index (χ0v) is 17.7. The number of hydrogen-bond acceptors (Lipinski definition) is 6. The van der Waals surface area contributed by atoms with Crippen molar-refractivity contribution in [1.29, 1.82) is 0 Å². The molecule has 0 aromatic heterocycles. The van der Waals surface area contributed by atoms with Crippen LogP contribution < -0.4 is 23.5 Å². The molecule has 2 N–H and O–H groups in total. The van der Waals surface area contributed by atoms with Crippen LogP contribution in [0.2, 0.25) is 0 Å². The minimum Gasteiger partial charge on any atom is -0.493 e. The molecule has 0 radical (unpaired) electrons. The molecule has 9 heteroatoms. The molecule has 0 fully saturated rings. The van der Waals surface area contributed by atoms with Gasteiger partial charge in [0.15, 0.2) is 23.0 Å². The van der Waals surface area contributed by atoms with Crippen molar-refractivity contribution in [3.05, 3.63) is 41.0 Å². The molecule has 29 heavy (non-hydrogen) atoms. The van der Waals surface area contributed by atoms with Gasteiger partial charge in [0.25, 0.3) is 0 Å². The monoisotopic (exact) mass is 424 g/mol. The van der Waals surface area contributed by atoms with Crippen LogP contribution >= 0.6 is 7.82 Å². The second-order valence-corrected chi connectivity index (χ2v) is 7.81. The van der Waals surface area contributed by atoms with E-state index in [2.05, 4.69) is 0 Å². The fourth-order valence-electron chi connectivity index (χ4n) is 3.87. The summed E-state index contributed by atoms with van der Waals surface area (Å²) in [7, 11) is 1.37. The maximum Gasteiger partial charge on any atom is 0.524 e. The minimum absolute atomic E-state index is 0.0301. The molecular formula is C20H25O8P. The molecule has 1 aliphatic rings. The van der Waals surface area contributed by atoms with Crippen LogP contribution in [0.25, 0.3) is 0 Å². The van der Waals surface area contributed by atoms with Crippen LogP contribution in [0.4, 0.5) is 0 Å². The summed E-state index contributed by atoms with van der Waals surface area (Å²) in [4.78, 5) is 18.7. The van der Waals surface area contributed by atoms with Gasteiger partial charge < -0.3 is 23.5 Å². The largest absolute Gasteiger partial charge is 0.524 e. The van der Waals surface area contributed by atoms with Crippen LogP contribution in [0.5, 0.6) is 28.7 Å². The molecule has 0 amide bonds. The quantitative estimate of drug-likeness (QED) is 0.649. The van der Waals surface area contributed by atoms with Crippen molar-refractivity contribution in [1.82, 2.24) is 0 Å². The molecule has 8 nitrogen and oxygen atoms in total. The Bertz CT molecular complexity index is 911. The summed E-state index contributed by atoms with van der Waals surface area (Å²) in [6, 6.07) is 7.37. The number of ether oxygens (including phenoxy) is 4. The SMILES string of the molecule is COc1cc(C2CCCc3c2ccc(OC)c3OP(=O)(O)O)cc(OC)c1OC. The molecule has 1 atom stereocenters. The van der Waals surface area contributed by atoms with Gasteiger partial charge in [0.1, 0.15) is 0 Å². The van der Waals surface area contributed by atoms with Gasteiger partial charge in [-0.25, -0.2) is 4.57 Å². The summed E-state index contributed by atoms with van der Waals surface area (Å²) in [5, 5.41) is 0. The van der Waals surface area contributed by atoms with Crippen LogP contribution in [-0.2, 0) is 11.0 Å². The number of hydrogen-bond donors (Lipinski definition) is 2. The summed E-state index contributed by atoms with van der Waals surface area (Å²) in [5.74, 6) is 1.96. The lowest BCUT2D eigenvalue weighted by atomic mass is 9.78. The van der Waals surface area contributed by atoms with Gasteiger partial charge in [-0.1, -0.05) is 6.07 Å². The average molecular weight is 424 g/mol. The standard InChI is InChI=1S/C20H25O8P/c1-24-16-9-8-14-13(6-5-7-15(14)19(16)28-29(21,22)23)12-10-17(25-2)20(27-4)18(11-12)26-3/h8-11,13H,5-7H2,1-4H3,(H2,21,22,23). The Morgan fingerprint density at radius 2 is 1.52 bits per heavy atom. The summed E-state index contributed by atoms with van der Waals surface area (Å²) in [6.07, 6.45) is 2.30. The summed E-state index contributed by atoms with van der Waals surface area (Å²) in [6.45, 7) is 0. The molecular weight excluding hydrogens is 399 g/mol.